The summed E-state index contributed by atoms with van der Waals surface area (Å²) >= 11 is 0.698. The molecule has 0 aliphatic carbocycles. The van der Waals surface area contributed by atoms with E-state index >= 15 is 0 Å². The standard InChI is InChI=1S/2C7H15.Al.H2/c2*1-5-7(4)6(2)3;;/h2*6-7H,2,5H2,1,3-4H3;;1H. The van der Waals surface area contributed by atoms with Crippen LogP contribution in [0.2, 0.25) is 10.6 Å². The summed E-state index contributed by atoms with van der Waals surface area (Å²) in [5.74, 6) is 3.76. The second kappa shape index (κ2) is 8.66. The Morgan fingerprint density at radius 2 is 1.07 bits per heavy atom. The third-order valence-corrected chi connectivity index (χ3v) is 6.46. The van der Waals surface area contributed by atoms with Crippen LogP contribution in [-0.4, -0.2) is 15.2 Å². The van der Waals surface area contributed by atoms with E-state index in [1.54, 1.807) is 0 Å². The zero-order valence-corrected chi connectivity index (χ0v) is 12.9. The van der Waals surface area contributed by atoms with E-state index < -0.39 is 0 Å². The SMILES string of the molecule is CCC(C)C(C)[CH2][Al][CH2]C(C)C(C)CC.[HH]. The van der Waals surface area contributed by atoms with Crippen LogP contribution in [0.25, 0.3) is 0 Å². The Morgan fingerprint density at radius 1 is 0.733 bits per heavy atom. The summed E-state index contributed by atoms with van der Waals surface area (Å²) in [5.41, 5.74) is 0. The monoisotopic (exact) mass is 227 g/mol. The molecule has 0 spiro atoms. The van der Waals surface area contributed by atoms with Gasteiger partial charge in [0.05, 0.1) is 0 Å². The molecule has 0 bridgehead atoms. The van der Waals surface area contributed by atoms with Gasteiger partial charge < -0.3 is 0 Å². The van der Waals surface area contributed by atoms with Gasteiger partial charge >= 0.3 is 0 Å². The van der Waals surface area contributed by atoms with Crippen LogP contribution >= 0.6 is 0 Å². The van der Waals surface area contributed by atoms with Crippen LogP contribution in [0.1, 0.15) is 55.8 Å². The molecule has 1 heteroatoms. The quantitative estimate of drug-likeness (QED) is 0.504. The minimum atomic E-state index is 0. The van der Waals surface area contributed by atoms with Crippen molar-refractivity contribution in [3.63, 3.8) is 0 Å². The lowest BCUT2D eigenvalue weighted by Gasteiger charge is -2.21. The summed E-state index contributed by atoms with van der Waals surface area (Å²) in [6.45, 7) is 14.3. The van der Waals surface area contributed by atoms with Gasteiger partial charge in [-0.25, -0.2) is 0 Å². The highest BCUT2D eigenvalue weighted by atomic mass is 27.1. The van der Waals surface area contributed by atoms with Gasteiger partial charge in [0, 0.05) is 1.43 Å². The maximum absolute atomic E-state index is 2.44. The molecule has 91 valence electrons. The van der Waals surface area contributed by atoms with Crippen LogP contribution in [0.3, 0.4) is 0 Å². The molecule has 0 fully saturated rings. The smallest absolute Gasteiger partial charge is 0.101 e. The molecule has 0 aliphatic rings. The van der Waals surface area contributed by atoms with Gasteiger partial charge in [-0.15, -0.1) is 10.6 Å². The van der Waals surface area contributed by atoms with E-state index in [1.165, 1.54) is 23.4 Å². The first-order chi connectivity index (χ1) is 7.02. The Balaban J connectivity index is 0. The van der Waals surface area contributed by atoms with Crippen molar-refractivity contribution in [1.29, 1.82) is 0 Å². The summed E-state index contributed by atoms with van der Waals surface area (Å²) in [7, 11) is 0. The maximum atomic E-state index is 2.44. The Bertz CT molecular complexity index is 134. The van der Waals surface area contributed by atoms with Crippen LogP contribution in [0.4, 0.5) is 0 Å². The molecule has 4 atom stereocenters. The molecule has 0 aromatic carbocycles. The minimum absolute atomic E-state index is 0. The highest BCUT2D eigenvalue weighted by Gasteiger charge is 2.14. The molecule has 0 saturated carbocycles. The first-order valence-corrected chi connectivity index (χ1v) is 8.47. The van der Waals surface area contributed by atoms with Gasteiger partial charge in [-0.05, 0) is 11.8 Å². The summed E-state index contributed by atoms with van der Waals surface area (Å²) in [5, 5.41) is 3.02. The average Bonchev–Trinajstić information content (AvgIpc) is 2.26. The topological polar surface area (TPSA) is 0 Å². The van der Waals surface area contributed by atoms with Crippen LogP contribution in [0.5, 0.6) is 0 Å². The second-order valence-electron chi connectivity index (χ2n) is 5.49. The molecular weight excluding hydrogens is 195 g/mol. The third-order valence-electron chi connectivity index (χ3n) is 4.31. The summed E-state index contributed by atoms with van der Waals surface area (Å²) in [4.78, 5) is 0. The molecule has 0 amide bonds. The zero-order chi connectivity index (χ0) is 11.8. The lowest BCUT2D eigenvalue weighted by molar-refractivity contribution is 0.394. The molecule has 0 N–H and O–H groups in total. The van der Waals surface area contributed by atoms with Crippen molar-refractivity contribution in [2.75, 3.05) is 0 Å². The highest BCUT2D eigenvalue weighted by molar-refractivity contribution is 6.35. The number of rotatable bonds is 8. The number of hydrogen-bond donors (Lipinski definition) is 0. The van der Waals surface area contributed by atoms with E-state index in [4.69, 9.17) is 0 Å². The second-order valence-corrected chi connectivity index (χ2v) is 7.01. The van der Waals surface area contributed by atoms with Crippen molar-refractivity contribution in [3.8, 4) is 0 Å². The van der Waals surface area contributed by atoms with Crippen LogP contribution in [0.15, 0.2) is 0 Å². The van der Waals surface area contributed by atoms with E-state index in [9.17, 15) is 0 Å². The molecular formula is C14H32Al. The highest BCUT2D eigenvalue weighted by Crippen LogP contribution is 2.22. The lowest BCUT2D eigenvalue weighted by Crippen LogP contribution is -2.13. The fourth-order valence-corrected chi connectivity index (χ4v) is 4.06. The van der Waals surface area contributed by atoms with Crippen molar-refractivity contribution in [3.05, 3.63) is 0 Å². The minimum Gasteiger partial charge on any atom is -0.101 e. The molecule has 0 saturated heterocycles. The molecule has 0 heterocycles. The molecule has 1 radical (unpaired) electrons. The third kappa shape index (κ3) is 6.65. The fraction of sp³-hybridized carbons (Fsp3) is 1.00. The molecule has 0 nitrogen and oxygen atoms in total. The first-order valence-electron chi connectivity index (χ1n) is 6.84. The van der Waals surface area contributed by atoms with E-state index in [2.05, 4.69) is 41.5 Å². The van der Waals surface area contributed by atoms with E-state index in [1.807, 2.05) is 0 Å². The normalized spacial score (nSPS) is 19.3. The van der Waals surface area contributed by atoms with Gasteiger partial charge in [-0.1, -0.05) is 66.2 Å². The molecule has 0 rings (SSSR count). The van der Waals surface area contributed by atoms with E-state index in [-0.39, 0.29) is 1.43 Å². The van der Waals surface area contributed by atoms with Gasteiger partial charge in [-0.2, -0.15) is 0 Å². The van der Waals surface area contributed by atoms with Crippen molar-refractivity contribution >= 4 is 15.2 Å². The van der Waals surface area contributed by atoms with Crippen molar-refractivity contribution < 1.29 is 1.43 Å². The summed E-state index contributed by atoms with van der Waals surface area (Å²) in [6.07, 6.45) is 2.70. The van der Waals surface area contributed by atoms with Gasteiger partial charge in [0.15, 0.2) is 0 Å². The van der Waals surface area contributed by atoms with Gasteiger partial charge in [0.2, 0.25) is 15.2 Å². The molecule has 15 heavy (non-hydrogen) atoms. The fourth-order valence-electron chi connectivity index (χ4n) is 1.89. The van der Waals surface area contributed by atoms with Crippen molar-refractivity contribution in [2.24, 2.45) is 23.7 Å². The predicted molar refractivity (Wildman–Crippen MR) is 74.7 cm³/mol. The van der Waals surface area contributed by atoms with Gasteiger partial charge in [-0.3, -0.25) is 0 Å². The van der Waals surface area contributed by atoms with Gasteiger partial charge in [0.25, 0.3) is 0 Å². The van der Waals surface area contributed by atoms with Crippen molar-refractivity contribution in [2.45, 2.75) is 64.9 Å². The first kappa shape index (κ1) is 15.5. The Labute approximate surface area is 105 Å². The largest absolute Gasteiger partial charge is 0.200 e. The molecule has 4 unspecified atom stereocenters. The predicted octanol–water partition coefficient (Wildman–Crippen LogP) is 5.14. The van der Waals surface area contributed by atoms with Crippen LogP contribution in [0, 0.1) is 23.7 Å². The summed E-state index contributed by atoms with van der Waals surface area (Å²) in [6, 6.07) is 0. The molecule has 0 aromatic rings. The van der Waals surface area contributed by atoms with Crippen LogP contribution < -0.4 is 0 Å². The Morgan fingerprint density at radius 3 is 1.33 bits per heavy atom. The van der Waals surface area contributed by atoms with Crippen molar-refractivity contribution in [1.82, 2.24) is 0 Å². The molecule has 0 aromatic heterocycles. The zero-order valence-electron chi connectivity index (χ0n) is 11.7. The van der Waals surface area contributed by atoms with Gasteiger partial charge in [0.1, 0.15) is 0 Å². The lowest BCUT2D eigenvalue weighted by atomic mass is 9.95. The number of hydrogen-bond acceptors (Lipinski definition) is 0. The maximum Gasteiger partial charge on any atom is 0.200 e. The Kier molecular flexibility index (Phi) is 8.97. The van der Waals surface area contributed by atoms with E-state index in [0.29, 0.717) is 15.2 Å². The summed E-state index contributed by atoms with van der Waals surface area (Å²) < 4.78 is 0. The average molecular weight is 227 g/mol. The molecule has 0 aliphatic heterocycles. The Hall–Kier alpha value is 0.532. The van der Waals surface area contributed by atoms with Crippen LogP contribution in [-0.2, 0) is 0 Å². The van der Waals surface area contributed by atoms with E-state index in [0.717, 1.165) is 23.7 Å².